The fourth-order valence-electron chi connectivity index (χ4n) is 0.507. The van der Waals surface area contributed by atoms with Gasteiger partial charge in [0.05, 0.1) is 0 Å². The summed E-state index contributed by atoms with van der Waals surface area (Å²) in [5.41, 5.74) is 0. The molecule has 1 saturated heterocycles. The summed E-state index contributed by atoms with van der Waals surface area (Å²) in [4.78, 5) is 0. The Balaban J connectivity index is 2.33. The maximum Gasteiger partial charge on any atom is 0.275 e. The Bertz CT molecular complexity index is 92.6. The van der Waals surface area contributed by atoms with Crippen LogP contribution >= 0.6 is 15.9 Å². The molecule has 0 aromatic heterocycles. The molecule has 2 nitrogen and oxygen atoms in total. The standard InChI is InChI=1S/C5H7BrO2/c6-2-1-5-7-3-4-8-5/h1H,2-4H2. The Morgan fingerprint density at radius 2 is 2.12 bits per heavy atom. The summed E-state index contributed by atoms with van der Waals surface area (Å²) >= 11 is 3.22. The molecule has 1 rings (SSSR count). The monoisotopic (exact) mass is 178 g/mol. The SMILES string of the molecule is BrCC=C1OCCO1. The van der Waals surface area contributed by atoms with Crippen LogP contribution in [0.4, 0.5) is 0 Å². The molecule has 8 heavy (non-hydrogen) atoms. The van der Waals surface area contributed by atoms with Gasteiger partial charge in [0.1, 0.15) is 13.2 Å². The summed E-state index contributed by atoms with van der Waals surface area (Å²) in [6.45, 7) is 1.39. The molecule has 1 fully saturated rings. The maximum absolute atomic E-state index is 5.00. The molecular weight excluding hydrogens is 172 g/mol. The van der Waals surface area contributed by atoms with E-state index < -0.39 is 0 Å². The van der Waals surface area contributed by atoms with Crippen molar-refractivity contribution in [1.29, 1.82) is 0 Å². The molecule has 0 aliphatic carbocycles. The third kappa shape index (κ3) is 1.40. The maximum atomic E-state index is 5.00. The highest BCUT2D eigenvalue weighted by Gasteiger charge is 2.05. The van der Waals surface area contributed by atoms with Crippen LogP contribution in [0.2, 0.25) is 0 Å². The molecule has 0 unspecified atom stereocenters. The molecule has 1 aliphatic heterocycles. The van der Waals surface area contributed by atoms with Crippen molar-refractivity contribution >= 4 is 15.9 Å². The predicted octanol–water partition coefficient (Wildman–Crippen LogP) is 1.27. The lowest BCUT2D eigenvalue weighted by molar-refractivity contribution is 0.175. The summed E-state index contributed by atoms with van der Waals surface area (Å²) in [7, 11) is 0. The van der Waals surface area contributed by atoms with E-state index in [9.17, 15) is 0 Å². The summed E-state index contributed by atoms with van der Waals surface area (Å²) in [5.74, 6) is 0.655. The molecule has 0 spiro atoms. The zero-order chi connectivity index (χ0) is 5.82. The van der Waals surface area contributed by atoms with Crippen LogP contribution in [-0.4, -0.2) is 18.5 Å². The minimum atomic E-state index is 0.655. The van der Waals surface area contributed by atoms with Gasteiger partial charge in [0, 0.05) is 11.4 Å². The van der Waals surface area contributed by atoms with Crippen LogP contribution < -0.4 is 0 Å². The van der Waals surface area contributed by atoms with E-state index in [-0.39, 0.29) is 0 Å². The predicted molar refractivity (Wildman–Crippen MR) is 33.8 cm³/mol. The first-order valence-electron chi connectivity index (χ1n) is 2.45. The van der Waals surface area contributed by atoms with Gasteiger partial charge in [-0.05, 0) is 0 Å². The first-order valence-corrected chi connectivity index (χ1v) is 3.57. The summed E-state index contributed by atoms with van der Waals surface area (Å²) in [5, 5.41) is 0.794. The number of ether oxygens (including phenoxy) is 2. The van der Waals surface area contributed by atoms with Crippen molar-refractivity contribution in [2.45, 2.75) is 0 Å². The molecule has 0 atom stereocenters. The minimum Gasteiger partial charge on any atom is -0.462 e. The van der Waals surface area contributed by atoms with Crippen LogP contribution in [-0.2, 0) is 9.47 Å². The Morgan fingerprint density at radius 1 is 1.50 bits per heavy atom. The normalized spacial score (nSPS) is 17.4. The van der Waals surface area contributed by atoms with Crippen molar-refractivity contribution in [2.24, 2.45) is 0 Å². The summed E-state index contributed by atoms with van der Waals surface area (Å²) < 4.78 is 10.0. The lowest BCUT2D eigenvalue weighted by Crippen LogP contribution is -1.79. The highest BCUT2D eigenvalue weighted by molar-refractivity contribution is 9.09. The second kappa shape index (κ2) is 2.97. The van der Waals surface area contributed by atoms with Crippen LogP contribution in [0.25, 0.3) is 0 Å². The molecule has 0 aromatic carbocycles. The van der Waals surface area contributed by atoms with Gasteiger partial charge in [-0.3, -0.25) is 0 Å². The number of rotatable bonds is 1. The number of hydrogen-bond donors (Lipinski definition) is 0. The second-order valence-corrected chi connectivity index (χ2v) is 2.02. The number of alkyl halides is 1. The molecule has 0 N–H and O–H groups in total. The highest BCUT2D eigenvalue weighted by atomic mass is 79.9. The topological polar surface area (TPSA) is 18.5 Å². The molecular formula is C5H7BrO2. The van der Waals surface area contributed by atoms with Gasteiger partial charge in [-0.2, -0.15) is 0 Å². The van der Waals surface area contributed by atoms with Gasteiger partial charge in [0.2, 0.25) is 0 Å². The number of allylic oxidation sites excluding steroid dienone is 1. The van der Waals surface area contributed by atoms with E-state index in [0.717, 1.165) is 5.33 Å². The van der Waals surface area contributed by atoms with Crippen LogP contribution in [0.3, 0.4) is 0 Å². The van der Waals surface area contributed by atoms with Crippen LogP contribution in [0.5, 0.6) is 0 Å². The average Bonchev–Trinajstić information content (AvgIpc) is 2.19. The van der Waals surface area contributed by atoms with Crippen LogP contribution in [0.15, 0.2) is 12.0 Å². The molecule has 1 heterocycles. The highest BCUT2D eigenvalue weighted by Crippen LogP contribution is 2.07. The third-order valence-electron chi connectivity index (χ3n) is 0.816. The molecule has 46 valence electrons. The summed E-state index contributed by atoms with van der Waals surface area (Å²) in [6, 6.07) is 0. The van der Waals surface area contributed by atoms with E-state index in [1.54, 1.807) is 0 Å². The lowest BCUT2D eigenvalue weighted by atomic mass is 10.7. The van der Waals surface area contributed by atoms with Crippen molar-refractivity contribution in [3.8, 4) is 0 Å². The van der Waals surface area contributed by atoms with Crippen molar-refractivity contribution in [3.05, 3.63) is 12.0 Å². The van der Waals surface area contributed by atoms with Crippen molar-refractivity contribution in [3.63, 3.8) is 0 Å². The number of halogens is 1. The van der Waals surface area contributed by atoms with Crippen LogP contribution in [0.1, 0.15) is 0 Å². The average molecular weight is 179 g/mol. The number of hydrogen-bond acceptors (Lipinski definition) is 2. The Morgan fingerprint density at radius 3 is 2.62 bits per heavy atom. The van der Waals surface area contributed by atoms with E-state index in [1.165, 1.54) is 0 Å². The van der Waals surface area contributed by atoms with E-state index in [1.807, 2.05) is 6.08 Å². The molecule has 0 aromatic rings. The van der Waals surface area contributed by atoms with Gasteiger partial charge in [-0.15, -0.1) is 0 Å². The molecule has 3 heteroatoms. The molecule has 0 amide bonds. The first kappa shape index (κ1) is 5.95. The molecule has 0 radical (unpaired) electrons. The smallest absolute Gasteiger partial charge is 0.275 e. The van der Waals surface area contributed by atoms with E-state index in [0.29, 0.717) is 19.2 Å². The third-order valence-corrected chi connectivity index (χ3v) is 1.14. The zero-order valence-corrected chi connectivity index (χ0v) is 5.98. The van der Waals surface area contributed by atoms with E-state index >= 15 is 0 Å². The van der Waals surface area contributed by atoms with E-state index in [4.69, 9.17) is 9.47 Å². The molecule has 1 aliphatic rings. The molecule has 0 bridgehead atoms. The Hall–Kier alpha value is -0.180. The van der Waals surface area contributed by atoms with Gasteiger partial charge in [0.25, 0.3) is 5.95 Å². The Labute approximate surface area is 56.6 Å². The minimum absolute atomic E-state index is 0.655. The van der Waals surface area contributed by atoms with Crippen molar-refractivity contribution < 1.29 is 9.47 Å². The van der Waals surface area contributed by atoms with Crippen molar-refractivity contribution in [1.82, 2.24) is 0 Å². The molecule has 0 saturated carbocycles. The van der Waals surface area contributed by atoms with Gasteiger partial charge in [-0.25, -0.2) is 0 Å². The largest absolute Gasteiger partial charge is 0.462 e. The second-order valence-electron chi connectivity index (χ2n) is 1.37. The van der Waals surface area contributed by atoms with Crippen LogP contribution in [0, 0.1) is 0 Å². The zero-order valence-electron chi connectivity index (χ0n) is 4.39. The first-order chi connectivity index (χ1) is 3.93. The Kier molecular flexibility index (Phi) is 2.21. The van der Waals surface area contributed by atoms with Gasteiger partial charge in [0.15, 0.2) is 0 Å². The fourth-order valence-corrected chi connectivity index (χ4v) is 0.771. The summed E-state index contributed by atoms with van der Waals surface area (Å²) in [6.07, 6.45) is 1.85. The van der Waals surface area contributed by atoms with Gasteiger partial charge in [-0.1, -0.05) is 15.9 Å². The van der Waals surface area contributed by atoms with Gasteiger partial charge >= 0.3 is 0 Å². The fraction of sp³-hybridized carbons (Fsp3) is 0.600. The quantitative estimate of drug-likeness (QED) is 0.564. The van der Waals surface area contributed by atoms with Crippen molar-refractivity contribution in [2.75, 3.05) is 18.5 Å². The lowest BCUT2D eigenvalue weighted by Gasteiger charge is -1.92. The van der Waals surface area contributed by atoms with Gasteiger partial charge < -0.3 is 9.47 Å². The van der Waals surface area contributed by atoms with E-state index in [2.05, 4.69) is 15.9 Å².